The van der Waals surface area contributed by atoms with E-state index in [2.05, 4.69) is 54.0 Å². The zero-order chi connectivity index (χ0) is 17.6. The zero-order valence-electron chi connectivity index (χ0n) is 14.9. The van der Waals surface area contributed by atoms with E-state index >= 15 is 0 Å². The number of hydrogen-bond donors (Lipinski definition) is 0. The summed E-state index contributed by atoms with van der Waals surface area (Å²) in [6, 6.07) is 16.2. The minimum Gasteiger partial charge on any atom is -0.490 e. The van der Waals surface area contributed by atoms with Crippen molar-refractivity contribution in [3.8, 4) is 5.75 Å². The molecular weight excluding hydrogens is 332 g/mol. The van der Waals surface area contributed by atoms with Crippen LogP contribution in [0, 0.1) is 0 Å². The zero-order valence-corrected chi connectivity index (χ0v) is 15.7. The summed E-state index contributed by atoms with van der Waals surface area (Å²) in [7, 11) is 4.24. The molecule has 0 amide bonds. The highest BCUT2D eigenvalue weighted by Crippen LogP contribution is 2.25. The third kappa shape index (κ3) is 4.56. The lowest BCUT2D eigenvalue weighted by molar-refractivity contribution is 0.300. The van der Waals surface area contributed by atoms with Gasteiger partial charge in [0.05, 0.1) is 11.6 Å². The number of hydrogen-bond acceptors (Lipinski definition) is 2. The molecule has 0 fully saturated rings. The van der Waals surface area contributed by atoms with E-state index in [-0.39, 0.29) is 0 Å². The first-order valence-electron chi connectivity index (χ1n) is 8.74. The maximum atomic E-state index is 6.15. The molecule has 25 heavy (non-hydrogen) atoms. The second-order valence-corrected chi connectivity index (χ2v) is 6.96. The number of aromatic nitrogens is 1. The summed E-state index contributed by atoms with van der Waals surface area (Å²) < 4.78 is 8.14. The van der Waals surface area contributed by atoms with Gasteiger partial charge >= 0.3 is 0 Å². The van der Waals surface area contributed by atoms with Gasteiger partial charge in [0.1, 0.15) is 12.4 Å². The van der Waals surface area contributed by atoms with Crippen LogP contribution in [-0.4, -0.2) is 36.7 Å². The molecule has 0 aliphatic carbocycles. The highest BCUT2D eigenvalue weighted by atomic mass is 35.5. The number of halogens is 1. The van der Waals surface area contributed by atoms with Crippen LogP contribution < -0.4 is 4.74 Å². The lowest BCUT2D eigenvalue weighted by Gasteiger charge is -2.09. The van der Waals surface area contributed by atoms with Gasteiger partial charge in [-0.25, -0.2) is 0 Å². The Kier molecular flexibility index (Phi) is 6.00. The van der Waals surface area contributed by atoms with E-state index in [1.807, 2.05) is 24.3 Å². The van der Waals surface area contributed by atoms with E-state index < -0.39 is 0 Å². The molecule has 0 unspecified atom stereocenters. The molecule has 0 radical (unpaired) electrons. The second kappa shape index (κ2) is 8.41. The Bertz CT molecular complexity index is 826. The molecule has 1 heterocycles. The van der Waals surface area contributed by atoms with E-state index in [4.69, 9.17) is 16.3 Å². The number of para-hydroxylation sites is 2. The van der Waals surface area contributed by atoms with E-state index in [1.165, 1.54) is 16.5 Å². The van der Waals surface area contributed by atoms with Crippen LogP contribution in [0.15, 0.2) is 54.7 Å². The van der Waals surface area contributed by atoms with Gasteiger partial charge in [-0.3, -0.25) is 0 Å². The topological polar surface area (TPSA) is 17.4 Å². The first kappa shape index (κ1) is 17.8. The maximum Gasteiger partial charge on any atom is 0.137 e. The molecule has 3 nitrogen and oxygen atoms in total. The molecule has 0 aliphatic heterocycles. The van der Waals surface area contributed by atoms with Crippen LogP contribution in [0.25, 0.3) is 10.9 Å². The van der Waals surface area contributed by atoms with Gasteiger partial charge in [0.25, 0.3) is 0 Å². The second-order valence-electron chi connectivity index (χ2n) is 6.55. The van der Waals surface area contributed by atoms with Crippen LogP contribution >= 0.6 is 11.6 Å². The van der Waals surface area contributed by atoms with Gasteiger partial charge in [0.2, 0.25) is 0 Å². The average molecular weight is 357 g/mol. The highest BCUT2D eigenvalue weighted by Gasteiger charge is 2.08. The lowest BCUT2D eigenvalue weighted by Crippen LogP contribution is -2.13. The predicted molar refractivity (Wildman–Crippen MR) is 106 cm³/mol. The summed E-state index contributed by atoms with van der Waals surface area (Å²) in [5, 5.41) is 2.00. The van der Waals surface area contributed by atoms with Crippen molar-refractivity contribution in [1.29, 1.82) is 0 Å². The predicted octanol–water partition coefficient (Wildman–Crippen LogP) is 4.87. The summed E-state index contributed by atoms with van der Waals surface area (Å²) in [5.74, 6) is 0.742. The van der Waals surface area contributed by atoms with Crippen molar-refractivity contribution in [1.82, 2.24) is 9.47 Å². The lowest BCUT2D eigenvalue weighted by atomic mass is 10.1. The number of fused-ring (bicyclic) bond motifs is 1. The molecule has 0 saturated carbocycles. The van der Waals surface area contributed by atoms with Gasteiger partial charge in [-0.1, -0.05) is 41.9 Å². The SMILES string of the molecule is CN(C)CCCc1cn(CCOc2ccccc2Cl)c2ccccc12. The summed E-state index contributed by atoms with van der Waals surface area (Å²) >= 11 is 6.15. The van der Waals surface area contributed by atoms with Gasteiger partial charge in [0, 0.05) is 17.1 Å². The van der Waals surface area contributed by atoms with Crippen LogP contribution in [0.3, 0.4) is 0 Å². The first-order chi connectivity index (χ1) is 12.1. The van der Waals surface area contributed by atoms with Crippen molar-refractivity contribution in [3.05, 3.63) is 65.3 Å². The fourth-order valence-electron chi connectivity index (χ4n) is 3.11. The van der Waals surface area contributed by atoms with Gasteiger partial charge in [-0.2, -0.15) is 0 Å². The van der Waals surface area contributed by atoms with E-state index in [9.17, 15) is 0 Å². The minimum absolute atomic E-state index is 0.597. The smallest absolute Gasteiger partial charge is 0.137 e. The Morgan fingerprint density at radius 1 is 1.04 bits per heavy atom. The summed E-state index contributed by atoms with van der Waals surface area (Å²) in [5.41, 5.74) is 2.68. The van der Waals surface area contributed by atoms with E-state index in [0.717, 1.165) is 31.7 Å². The quantitative estimate of drug-likeness (QED) is 0.573. The molecule has 0 aliphatic rings. The van der Waals surface area contributed by atoms with Crippen molar-refractivity contribution in [2.45, 2.75) is 19.4 Å². The summed E-state index contributed by atoms with van der Waals surface area (Å²) in [6.45, 7) is 2.51. The van der Waals surface area contributed by atoms with Crippen LogP contribution in [0.5, 0.6) is 5.75 Å². The molecule has 0 bridgehead atoms. The summed E-state index contributed by atoms with van der Waals surface area (Å²) in [4.78, 5) is 2.23. The number of nitrogens with zero attached hydrogens (tertiary/aromatic N) is 2. The Balaban J connectivity index is 1.69. The first-order valence-corrected chi connectivity index (χ1v) is 9.12. The van der Waals surface area contributed by atoms with Crippen molar-refractivity contribution in [2.24, 2.45) is 0 Å². The molecular formula is C21H25ClN2O. The van der Waals surface area contributed by atoms with Gasteiger partial charge in [-0.05, 0) is 57.2 Å². The summed E-state index contributed by atoms with van der Waals surface area (Å²) in [6.07, 6.45) is 4.53. The Morgan fingerprint density at radius 3 is 2.60 bits per heavy atom. The van der Waals surface area contributed by atoms with Crippen molar-refractivity contribution in [3.63, 3.8) is 0 Å². The van der Waals surface area contributed by atoms with Crippen molar-refractivity contribution < 1.29 is 4.74 Å². The van der Waals surface area contributed by atoms with Gasteiger partial charge < -0.3 is 14.2 Å². The molecule has 2 aromatic carbocycles. The van der Waals surface area contributed by atoms with Crippen molar-refractivity contribution in [2.75, 3.05) is 27.2 Å². The molecule has 1 aromatic heterocycles. The number of benzene rings is 2. The fourth-order valence-corrected chi connectivity index (χ4v) is 3.30. The van der Waals surface area contributed by atoms with Crippen LogP contribution in [0.2, 0.25) is 5.02 Å². The third-order valence-corrected chi connectivity index (χ3v) is 4.66. The monoisotopic (exact) mass is 356 g/mol. The fraction of sp³-hybridized carbons (Fsp3) is 0.333. The van der Waals surface area contributed by atoms with Gasteiger partial charge in [0.15, 0.2) is 0 Å². The van der Waals surface area contributed by atoms with Crippen LogP contribution in [-0.2, 0) is 13.0 Å². The maximum absolute atomic E-state index is 6.15. The number of rotatable bonds is 8. The molecule has 3 aromatic rings. The molecule has 4 heteroatoms. The molecule has 0 saturated heterocycles. The third-order valence-electron chi connectivity index (χ3n) is 4.35. The van der Waals surface area contributed by atoms with Crippen LogP contribution in [0.4, 0.5) is 0 Å². The van der Waals surface area contributed by atoms with Crippen molar-refractivity contribution >= 4 is 22.5 Å². The Labute approximate surface area is 154 Å². The number of aryl methyl sites for hydroxylation is 1. The molecule has 132 valence electrons. The minimum atomic E-state index is 0.597. The standard InChI is InChI=1S/C21H25ClN2O/c1-23(2)13-7-8-17-16-24(20-11-5-3-9-18(17)20)14-15-25-21-12-6-4-10-19(21)22/h3-6,9-12,16H,7-8,13-15H2,1-2H3. The normalized spacial score (nSPS) is 11.4. The van der Waals surface area contributed by atoms with E-state index in [1.54, 1.807) is 0 Å². The molecule has 0 spiro atoms. The Morgan fingerprint density at radius 2 is 1.80 bits per heavy atom. The molecule has 3 rings (SSSR count). The number of ether oxygens (including phenoxy) is 1. The van der Waals surface area contributed by atoms with Gasteiger partial charge in [-0.15, -0.1) is 0 Å². The molecule has 0 N–H and O–H groups in total. The largest absolute Gasteiger partial charge is 0.490 e. The van der Waals surface area contributed by atoms with E-state index in [0.29, 0.717) is 11.6 Å². The molecule has 0 atom stereocenters. The van der Waals surface area contributed by atoms with Crippen LogP contribution in [0.1, 0.15) is 12.0 Å². The average Bonchev–Trinajstić information content (AvgIpc) is 2.95. The Hall–Kier alpha value is -1.97. The highest BCUT2D eigenvalue weighted by molar-refractivity contribution is 6.32.